The normalized spacial score (nSPS) is 17.8. The van der Waals surface area contributed by atoms with Crippen molar-refractivity contribution in [2.45, 2.75) is 19.9 Å². The van der Waals surface area contributed by atoms with E-state index in [9.17, 15) is 9.59 Å². The highest BCUT2D eigenvalue weighted by atomic mass is 32.1. The summed E-state index contributed by atoms with van der Waals surface area (Å²) in [6.07, 6.45) is 0.267. The molecule has 22 heavy (non-hydrogen) atoms. The van der Waals surface area contributed by atoms with Crippen molar-refractivity contribution in [1.82, 2.24) is 9.88 Å². The molecule has 2 amide bonds. The van der Waals surface area contributed by atoms with Crippen LogP contribution >= 0.6 is 11.3 Å². The number of rotatable bonds is 4. The molecule has 1 saturated heterocycles. The molecule has 5 nitrogen and oxygen atoms in total. The zero-order valence-corrected chi connectivity index (χ0v) is 13.1. The number of hydrogen-bond acceptors (Lipinski definition) is 4. The highest BCUT2D eigenvalue weighted by Crippen LogP contribution is 2.23. The Balaban J connectivity index is 1.60. The summed E-state index contributed by atoms with van der Waals surface area (Å²) in [7, 11) is 0. The number of aryl methyl sites for hydroxylation is 1. The average molecular weight is 315 g/mol. The molecule has 1 aliphatic heterocycles. The summed E-state index contributed by atoms with van der Waals surface area (Å²) in [5, 5.41) is 5.28. The van der Waals surface area contributed by atoms with E-state index in [-0.39, 0.29) is 24.2 Å². The van der Waals surface area contributed by atoms with Gasteiger partial charge in [0.15, 0.2) is 5.13 Å². The molecule has 0 aliphatic carbocycles. The zero-order valence-electron chi connectivity index (χ0n) is 12.3. The highest BCUT2D eigenvalue weighted by Gasteiger charge is 2.34. The second-order valence-electron chi connectivity index (χ2n) is 5.44. The molecule has 1 N–H and O–H groups in total. The summed E-state index contributed by atoms with van der Waals surface area (Å²) in [6.45, 7) is 2.90. The number of anilines is 1. The number of aromatic nitrogens is 1. The third-order valence-corrected chi connectivity index (χ3v) is 4.53. The number of likely N-dealkylation sites (tertiary alicyclic amines) is 1. The van der Waals surface area contributed by atoms with Crippen LogP contribution in [0.2, 0.25) is 0 Å². The molecule has 0 saturated carbocycles. The van der Waals surface area contributed by atoms with Crippen molar-refractivity contribution in [2.24, 2.45) is 5.92 Å². The molecule has 0 spiro atoms. The number of benzene rings is 1. The summed E-state index contributed by atoms with van der Waals surface area (Å²) in [5.41, 5.74) is 1.96. The standard InChI is InChI=1S/C16H17N3O2S/c1-11-10-22-16(17-11)18-15(21)13-7-14(20)19(9-13)8-12-5-3-2-4-6-12/h2-6,10,13H,7-9H2,1H3,(H,17,18,21)/t13-/m0/s1. The lowest BCUT2D eigenvalue weighted by atomic mass is 10.1. The quantitative estimate of drug-likeness (QED) is 0.942. The van der Waals surface area contributed by atoms with Crippen molar-refractivity contribution < 1.29 is 9.59 Å². The number of thiazole rings is 1. The van der Waals surface area contributed by atoms with E-state index < -0.39 is 0 Å². The van der Waals surface area contributed by atoms with E-state index >= 15 is 0 Å². The molecule has 0 radical (unpaired) electrons. The van der Waals surface area contributed by atoms with Gasteiger partial charge in [-0.25, -0.2) is 4.98 Å². The Hall–Kier alpha value is -2.21. The molecule has 1 aromatic carbocycles. The van der Waals surface area contributed by atoms with Crippen LogP contribution in [-0.4, -0.2) is 28.2 Å². The second-order valence-corrected chi connectivity index (χ2v) is 6.30. The summed E-state index contributed by atoms with van der Waals surface area (Å²) in [6, 6.07) is 9.81. The van der Waals surface area contributed by atoms with E-state index in [0.29, 0.717) is 18.2 Å². The van der Waals surface area contributed by atoms with Gasteiger partial charge in [0.05, 0.1) is 11.6 Å². The van der Waals surface area contributed by atoms with Crippen LogP contribution in [0.1, 0.15) is 17.7 Å². The third kappa shape index (κ3) is 3.33. The van der Waals surface area contributed by atoms with Gasteiger partial charge in [0.1, 0.15) is 0 Å². The van der Waals surface area contributed by atoms with Gasteiger partial charge in [0.25, 0.3) is 0 Å². The van der Waals surface area contributed by atoms with Crippen molar-refractivity contribution in [3.63, 3.8) is 0 Å². The van der Waals surface area contributed by atoms with Gasteiger partial charge in [-0.2, -0.15) is 0 Å². The molecule has 114 valence electrons. The molecule has 6 heteroatoms. The Morgan fingerprint density at radius 1 is 1.41 bits per heavy atom. The largest absolute Gasteiger partial charge is 0.338 e. The molecular formula is C16H17N3O2S. The Kier molecular flexibility index (Phi) is 4.20. The maximum Gasteiger partial charge on any atom is 0.231 e. The fourth-order valence-corrected chi connectivity index (χ4v) is 3.21. The summed E-state index contributed by atoms with van der Waals surface area (Å²) >= 11 is 1.40. The first-order chi connectivity index (χ1) is 10.6. The first kappa shape index (κ1) is 14.7. The number of carbonyl (C=O) groups is 2. The van der Waals surface area contributed by atoms with Crippen molar-refractivity contribution in [3.05, 3.63) is 47.0 Å². The topological polar surface area (TPSA) is 62.3 Å². The van der Waals surface area contributed by atoms with Gasteiger partial charge in [0.2, 0.25) is 11.8 Å². The lowest BCUT2D eigenvalue weighted by Gasteiger charge is -2.16. The van der Waals surface area contributed by atoms with Crippen molar-refractivity contribution in [3.8, 4) is 0 Å². The van der Waals surface area contributed by atoms with Gasteiger partial charge in [-0.1, -0.05) is 30.3 Å². The van der Waals surface area contributed by atoms with Crippen LogP contribution in [0.4, 0.5) is 5.13 Å². The molecule has 1 aliphatic rings. The summed E-state index contributed by atoms with van der Waals surface area (Å²) in [4.78, 5) is 30.3. The molecular weight excluding hydrogens is 298 g/mol. The summed E-state index contributed by atoms with van der Waals surface area (Å²) in [5.74, 6) is -0.405. The number of nitrogens with zero attached hydrogens (tertiary/aromatic N) is 2. The zero-order chi connectivity index (χ0) is 15.5. The van der Waals surface area contributed by atoms with Gasteiger partial charge in [-0.3, -0.25) is 9.59 Å². The van der Waals surface area contributed by atoms with E-state index in [1.807, 2.05) is 42.6 Å². The minimum absolute atomic E-state index is 0.0272. The highest BCUT2D eigenvalue weighted by molar-refractivity contribution is 7.13. The van der Waals surface area contributed by atoms with Crippen molar-refractivity contribution in [2.75, 3.05) is 11.9 Å². The maximum absolute atomic E-state index is 12.2. The minimum Gasteiger partial charge on any atom is -0.338 e. The number of amides is 2. The van der Waals surface area contributed by atoms with Crippen LogP contribution in [0.3, 0.4) is 0 Å². The van der Waals surface area contributed by atoms with E-state index in [1.54, 1.807) is 4.90 Å². The Morgan fingerprint density at radius 3 is 2.86 bits per heavy atom. The van der Waals surface area contributed by atoms with Crippen LogP contribution < -0.4 is 5.32 Å². The SMILES string of the molecule is Cc1csc(NC(=O)[C@H]2CC(=O)N(Cc3ccccc3)C2)n1. The molecule has 2 heterocycles. The van der Waals surface area contributed by atoms with Gasteiger partial charge < -0.3 is 10.2 Å². The molecule has 3 rings (SSSR count). The van der Waals surface area contributed by atoms with Gasteiger partial charge in [-0.05, 0) is 12.5 Å². The lowest BCUT2D eigenvalue weighted by molar-refractivity contribution is -0.128. The molecule has 1 atom stereocenters. The fourth-order valence-electron chi connectivity index (χ4n) is 2.52. The van der Waals surface area contributed by atoms with Crippen molar-refractivity contribution >= 4 is 28.3 Å². The van der Waals surface area contributed by atoms with Crippen LogP contribution in [-0.2, 0) is 16.1 Å². The van der Waals surface area contributed by atoms with E-state index in [1.165, 1.54) is 11.3 Å². The van der Waals surface area contributed by atoms with Crippen LogP contribution in [0.15, 0.2) is 35.7 Å². The average Bonchev–Trinajstić information content (AvgIpc) is 3.07. The van der Waals surface area contributed by atoms with Crippen LogP contribution in [0, 0.1) is 12.8 Å². The Morgan fingerprint density at radius 2 is 2.18 bits per heavy atom. The Labute approximate surface area is 133 Å². The van der Waals surface area contributed by atoms with E-state index in [4.69, 9.17) is 0 Å². The van der Waals surface area contributed by atoms with Crippen molar-refractivity contribution in [1.29, 1.82) is 0 Å². The third-order valence-electron chi connectivity index (χ3n) is 3.65. The smallest absolute Gasteiger partial charge is 0.231 e. The lowest BCUT2D eigenvalue weighted by Crippen LogP contribution is -2.28. The number of hydrogen-bond donors (Lipinski definition) is 1. The molecule has 1 fully saturated rings. The summed E-state index contributed by atoms with van der Waals surface area (Å²) < 4.78 is 0. The van der Waals surface area contributed by atoms with Crippen LogP contribution in [0.25, 0.3) is 0 Å². The number of carbonyl (C=O) groups excluding carboxylic acids is 2. The Bertz CT molecular complexity index is 684. The maximum atomic E-state index is 12.2. The minimum atomic E-state index is -0.305. The fraction of sp³-hybridized carbons (Fsp3) is 0.312. The first-order valence-electron chi connectivity index (χ1n) is 7.16. The second kappa shape index (κ2) is 6.27. The predicted molar refractivity (Wildman–Crippen MR) is 85.4 cm³/mol. The first-order valence-corrected chi connectivity index (χ1v) is 8.04. The van der Waals surface area contributed by atoms with Gasteiger partial charge in [0, 0.05) is 24.9 Å². The van der Waals surface area contributed by atoms with E-state index in [2.05, 4.69) is 10.3 Å². The van der Waals surface area contributed by atoms with Crippen LogP contribution in [0.5, 0.6) is 0 Å². The molecule has 2 aromatic rings. The molecule has 1 aromatic heterocycles. The van der Waals surface area contributed by atoms with Gasteiger partial charge >= 0.3 is 0 Å². The molecule has 0 unspecified atom stereocenters. The number of nitrogens with one attached hydrogen (secondary N) is 1. The van der Waals surface area contributed by atoms with Gasteiger partial charge in [-0.15, -0.1) is 11.3 Å². The monoisotopic (exact) mass is 315 g/mol. The van der Waals surface area contributed by atoms with E-state index in [0.717, 1.165) is 11.3 Å². The molecule has 0 bridgehead atoms. The predicted octanol–water partition coefficient (Wildman–Crippen LogP) is 2.44.